The Morgan fingerprint density at radius 2 is 1.65 bits per heavy atom. The summed E-state index contributed by atoms with van der Waals surface area (Å²) >= 11 is 0. The van der Waals surface area contributed by atoms with Gasteiger partial charge in [0.15, 0.2) is 0 Å². The van der Waals surface area contributed by atoms with Gasteiger partial charge in [-0.05, 0) is 60.9 Å². The number of aliphatic imine (C=N–C) groups is 1. The number of nitrogens with zero attached hydrogens (tertiary/aromatic N) is 3. The Bertz CT molecular complexity index is 969. The van der Waals surface area contributed by atoms with Crippen molar-refractivity contribution in [2.45, 2.75) is 38.1 Å². The molecule has 2 aromatic rings. The molecule has 2 saturated heterocycles. The van der Waals surface area contributed by atoms with Gasteiger partial charge in [-0.15, -0.1) is 13.2 Å². The van der Waals surface area contributed by atoms with Gasteiger partial charge in [-0.25, -0.2) is 4.99 Å². The van der Waals surface area contributed by atoms with Crippen LogP contribution >= 0.6 is 0 Å². The van der Waals surface area contributed by atoms with Crippen LogP contribution in [0.25, 0.3) is 0 Å². The predicted molar refractivity (Wildman–Crippen MR) is 112 cm³/mol. The molecule has 5 rings (SSSR count). The van der Waals surface area contributed by atoms with Crippen LogP contribution in [0.1, 0.15) is 24.8 Å². The van der Waals surface area contributed by atoms with E-state index in [1.807, 2.05) is 0 Å². The standard InChI is InChI=1S/C23H24F3N3O2/c24-23(25,26)31-19-6-4-18(5-7-19)30-20-9-12-29(15-20)17-3-8-21-16(13-17)14-22(27-21)28-10-1-2-11-28/h3-8,13,20H,1-2,9-12,14-15H2. The Balaban J connectivity index is 1.18. The molecule has 0 saturated carbocycles. The first-order valence-electron chi connectivity index (χ1n) is 10.7. The molecule has 0 aromatic heterocycles. The van der Waals surface area contributed by atoms with Gasteiger partial charge in [-0.1, -0.05) is 0 Å². The van der Waals surface area contributed by atoms with Gasteiger partial charge in [-0.2, -0.15) is 0 Å². The lowest BCUT2D eigenvalue weighted by Gasteiger charge is -2.20. The van der Waals surface area contributed by atoms with Gasteiger partial charge in [0.1, 0.15) is 23.4 Å². The van der Waals surface area contributed by atoms with E-state index < -0.39 is 6.36 Å². The van der Waals surface area contributed by atoms with Crippen molar-refractivity contribution in [1.29, 1.82) is 0 Å². The molecule has 1 atom stereocenters. The van der Waals surface area contributed by atoms with Crippen LogP contribution in [-0.2, 0) is 6.42 Å². The van der Waals surface area contributed by atoms with Crippen LogP contribution < -0.4 is 14.4 Å². The Kier molecular flexibility index (Phi) is 5.16. The number of rotatable bonds is 4. The SMILES string of the molecule is FC(F)(F)Oc1ccc(OC2CCN(c3ccc4c(c3)CC(N3CCCC3)=N4)C2)cc1. The maximum atomic E-state index is 12.3. The van der Waals surface area contributed by atoms with Crippen LogP contribution in [0.15, 0.2) is 47.5 Å². The number of benzene rings is 2. The highest BCUT2D eigenvalue weighted by molar-refractivity contribution is 5.93. The smallest absolute Gasteiger partial charge is 0.489 e. The average Bonchev–Trinajstić information content (AvgIpc) is 3.48. The molecule has 2 fully saturated rings. The zero-order valence-electron chi connectivity index (χ0n) is 17.1. The van der Waals surface area contributed by atoms with Crippen LogP contribution in [0.5, 0.6) is 11.5 Å². The number of amidine groups is 1. The molecule has 0 bridgehead atoms. The van der Waals surface area contributed by atoms with E-state index in [0.717, 1.165) is 50.4 Å². The zero-order valence-corrected chi connectivity index (χ0v) is 17.1. The van der Waals surface area contributed by atoms with E-state index in [2.05, 4.69) is 32.7 Å². The van der Waals surface area contributed by atoms with Crippen molar-refractivity contribution in [3.63, 3.8) is 0 Å². The second kappa shape index (κ2) is 7.98. The Hall–Kier alpha value is -2.90. The number of hydrogen-bond acceptors (Lipinski definition) is 5. The molecule has 1 unspecified atom stereocenters. The summed E-state index contributed by atoms with van der Waals surface area (Å²) in [5, 5.41) is 0. The van der Waals surface area contributed by atoms with Gasteiger partial charge in [0.2, 0.25) is 0 Å². The lowest BCUT2D eigenvalue weighted by Crippen LogP contribution is -2.27. The zero-order chi connectivity index (χ0) is 21.4. The van der Waals surface area contributed by atoms with Gasteiger partial charge >= 0.3 is 6.36 Å². The van der Waals surface area contributed by atoms with Crippen molar-refractivity contribution < 1.29 is 22.6 Å². The molecule has 8 heteroatoms. The normalized spacial score (nSPS) is 20.7. The van der Waals surface area contributed by atoms with Gasteiger partial charge < -0.3 is 19.3 Å². The lowest BCUT2D eigenvalue weighted by atomic mass is 10.1. The highest BCUT2D eigenvalue weighted by Gasteiger charge is 2.31. The number of halogens is 3. The minimum atomic E-state index is -4.69. The largest absolute Gasteiger partial charge is 0.573 e. The molecule has 0 N–H and O–H groups in total. The maximum absolute atomic E-state index is 12.3. The highest BCUT2D eigenvalue weighted by Crippen LogP contribution is 2.34. The molecule has 164 valence electrons. The van der Waals surface area contributed by atoms with Gasteiger partial charge in [0.25, 0.3) is 0 Å². The fourth-order valence-corrected chi connectivity index (χ4v) is 4.50. The quantitative estimate of drug-likeness (QED) is 0.688. The van der Waals surface area contributed by atoms with Crippen molar-refractivity contribution in [1.82, 2.24) is 4.90 Å². The van der Waals surface area contributed by atoms with E-state index in [-0.39, 0.29) is 11.9 Å². The molecule has 31 heavy (non-hydrogen) atoms. The van der Waals surface area contributed by atoms with Crippen molar-refractivity contribution in [3.8, 4) is 11.5 Å². The molecule has 0 amide bonds. The number of likely N-dealkylation sites (tertiary alicyclic amines) is 1. The molecule has 3 heterocycles. The average molecular weight is 431 g/mol. The van der Waals surface area contributed by atoms with Crippen molar-refractivity contribution in [2.75, 3.05) is 31.1 Å². The molecule has 5 nitrogen and oxygen atoms in total. The topological polar surface area (TPSA) is 37.3 Å². The minimum absolute atomic E-state index is 0.0148. The molecule has 3 aliphatic heterocycles. The molecular formula is C23H24F3N3O2. The highest BCUT2D eigenvalue weighted by atomic mass is 19.4. The first-order chi connectivity index (χ1) is 14.9. The van der Waals surface area contributed by atoms with Crippen LogP contribution in [0, 0.1) is 0 Å². The first kappa shape index (κ1) is 20.0. The van der Waals surface area contributed by atoms with Crippen molar-refractivity contribution in [2.24, 2.45) is 4.99 Å². The maximum Gasteiger partial charge on any atom is 0.573 e. The van der Waals surface area contributed by atoms with Gasteiger partial charge in [0, 0.05) is 38.2 Å². The molecule has 0 radical (unpaired) electrons. The Labute approximate surface area is 179 Å². The van der Waals surface area contributed by atoms with Crippen LogP contribution in [0.3, 0.4) is 0 Å². The number of anilines is 1. The van der Waals surface area contributed by atoms with E-state index in [9.17, 15) is 13.2 Å². The van der Waals surface area contributed by atoms with Crippen molar-refractivity contribution >= 4 is 17.2 Å². The number of alkyl halides is 3. The van der Waals surface area contributed by atoms with E-state index in [4.69, 9.17) is 9.73 Å². The predicted octanol–water partition coefficient (Wildman–Crippen LogP) is 4.92. The molecule has 0 aliphatic carbocycles. The summed E-state index contributed by atoms with van der Waals surface area (Å²) in [5.41, 5.74) is 3.50. The van der Waals surface area contributed by atoms with E-state index in [0.29, 0.717) is 5.75 Å². The number of hydrogen-bond donors (Lipinski definition) is 0. The first-order valence-corrected chi connectivity index (χ1v) is 10.7. The fraction of sp³-hybridized carbons (Fsp3) is 0.435. The summed E-state index contributed by atoms with van der Waals surface area (Å²) in [4.78, 5) is 9.50. The number of fused-ring (bicyclic) bond motifs is 1. The van der Waals surface area contributed by atoms with Crippen molar-refractivity contribution in [3.05, 3.63) is 48.0 Å². The summed E-state index contributed by atoms with van der Waals surface area (Å²) in [7, 11) is 0. The third kappa shape index (κ3) is 4.57. The summed E-state index contributed by atoms with van der Waals surface area (Å²) in [6.45, 7) is 3.82. The van der Waals surface area contributed by atoms with E-state index >= 15 is 0 Å². The fourth-order valence-electron chi connectivity index (χ4n) is 4.50. The summed E-state index contributed by atoms with van der Waals surface area (Å²) in [6.07, 6.45) is -0.470. The Morgan fingerprint density at radius 3 is 2.39 bits per heavy atom. The molecule has 0 spiro atoms. The third-order valence-electron chi connectivity index (χ3n) is 6.00. The second-order valence-corrected chi connectivity index (χ2v) is 8.21. The van der Waals surface area contributed by atoms with Gasteiger partial charge in [0.05, 0.1) is 12.2 Å². The third-order valence-corrected chi connectivity index (χ3v) is 6.00. The molecule has 2 aromatic carbocycles. The Morgan fingerprint density at radius 1 is 0.903 bits per heavy atom. The van der Waals surface area contributed by atoms with Crippen LogP contribution in [0.2, 0.25) is 0 Å². The van der Waals surface area contributed by atoms with E-state index in [1.54, 1.807) is 0 Å². The van der Waals surface area contributed by atoms with Crippen LogP contribution in [-0.4, -0.2) is 49.4 Å². The lowest BCUT2D eigenvalue weighted by molar-refractivity contribution is -0.274. The molecular weight excluding hydrogens is 407 g/mol. The summed E-state index contributed by atoms with van der Waals surface area (Å²) in [5.74, 6) is 1.48. The van der Waals surface area contributed by atoms with Gasteiger partial charge in [-0.3, -0.25) is 0 Å². The van der Waals surface area contributed by atoms with E-state index in [1.165, 1.54) is 48.5 Å². The monoisotopic (exact) mass is 431 g/mol. The molecule has 3 aliphatic rings. The second-order valence-electron chi connectivity index (χ2n) is 8.21. The minimum Gasteiger partial charge on any atom is -0.489 e. The summed E-state index contributed by atoms with van der Waals surface area (Å²) < 4.78 is 46.7. The van der Waals surface area contributed by atoms with Crippen LogP contribution in [0.4, 0.5) is 24.5 Å². The summed E-state index contributed by atoms with van der Waals surface area (Å²) in [6, 6.07) is 12.0. The number of ether oxygens (including phenoxy) is 2.